The van der Waals surface area contributed by atoms with Gasteiger partial charge in [0.1, 0.15) is 22.6 Å². The fourth-order valence-electron chi connectivity index (χ4n) is 8.13. The fourth-order valence-corrected chi connectivity index (χ4v) is 8.13. The van der Waals surface area contributed by atoms with Gasteiger partial charge in [0.2, 0.25) is 0 Å². The van der Waals surface area contributed by atoms with Crippen molar-refractivity contribution in [2.45, 2.75) is 145 Å². The van der Waals surface area contributed by atoms with Crippen molar-refractivity contribution in [3.63, 3.8) is 0 Å². The van der Waals surface area contributed by atoms with Gasteiger partial charge in [0.05, 0.1) is 24.2 Å². The van der Waals surface area contributed by atoms with Gasteiger partial charge in [-0.25, -0.2) is 0 Å². The van der Waals surface area contributed by atoms with Crippen molar-refractivity contribution in [3.8, 4) is 0 Å². The Morgan fingerprint density at radius 3 is 1.07 bits per heavy atom. The molecule has 60 heavy (non-hydrogen) atoms. The Bertz CT molecular complexity index is 2150. The van der Waals surface area contributed by atoms with Crippen LogP contribution in [0.4, 0.5) is 0 Å². The van der Waals surface area contributed by atoms with Crippen molar-refractivity contribution >= 4 is 45.1 Å². The van der Waals surface area contributed by atoms with E-state index in [1.54, 1.807) is 9.80 Å². The minimum Gasteiger partial charge on any atom is -0.454 e. The van der Waals surface area contributed by atoms with Crippen LogP contribution in [0.3, 0.4) is 0 Å². The molecule has 4 heterocycles. The topological polar surface area (TPSA) is 104 Å². The second-order valence-electron chi connectivity index (χ2n) is 20.1. The average Bonchev–Trinajstić information content (AvgIpc) is 3.88. The normalized spacial score (nSPS) is 15.8. The third-order valence-corrected chi connectivity index (χ3v) is 11.3. The first-order chi connectivity index (χ1) is 27.9. The molecular formula is C50H68N2O8. The molecule has 0 saturated carbocycles. The van der Waals surface area contributed by atoms with Gasteiger partial charge in [-0.3, -0.25) is 19.4 Å². The molecule has 2 aromatic carbocycles. The van der Waals surface area contributed by atoms with E-state index in [4.69, 9.17) is 27.8 Å². The van der Waals surface area contributed by atoms with Crippen LogP contribution in [-0.4, -0.2) is 73.7 Å². The summed E-state index contributed by atoms with van der Waals surface area (Å²) in [4.78, 5) is 33.9. The lowest BCUT2D eigenvalue weighted by molar-refractivity contribution is -0.151. The summed E-state index contributed by atoms with van der Waals surface area (Å²) in [6, 6.07) is 12.7. The molecule has 0 spiro atoms. The molecular weight excluding hydrogens is 757 g/mol. The molecule has 2 aliphatic rings. The molecule has 2 aromatic heterocycles. The van der Waals surface area contributed by atoms with Crippen molar-refractivity contribution in [1.29, 1.82) is 0 Å². The maximum Gasteiger partial charge on any atom is 0.261 e. The van der Waals surface area contributed by atoms with Gasteiger partial charge in [-0.2, -0.15) is 0 Å². The van der Waals surface area contributed by atoms with E-state index in [-0.39, 0.29) is 57.7 Å². The number of rotatable bonds is 14. The third-order valence-electron chi connectivity index (χ3n) is 11.3. The molecule has 4 aromatic rings. The van der Waals surface area contributed by atoms with Crippen molar-refractivity contribution in [3.05, 3.63) is 81.3 Å². The molecule has 0 atom stereocenters. The molecule has 10 heteroatoms. The standard InChI is InChI=1S/C50H68N2O8/c1-17-55-37(56-18-2)27-51-41(35-23-29-21-31(47(5,6)7)25-33(43(29)59-35)49(11,12)13)39-40(45(51)53)42(52(46(39)54)28-38(57-19-3)58-20-4)36-24-30-22-32(48(8,9)10)26-34(44(30)60-36)50(14,15)16/h21-26,37-38H,17-20,27-28H2,1-16H3. The van der Waals surface area contributed by atoms with E-state index in [1.807, 2.05) is 39.8 Å². The minimum atomic E-state index is -0.757. The molecule has 0 bridgehead atoms. The van der Waals surface area contributed by atoms with Gasteiger partial charge < -0.3 is 27.8 Å². The van der Waals surface area contributed by atoms with Crippen LogP contribution in [0.2, 0.25) is 0 Å². The highest BCUT2D eigenvalue weighted by Gasteiger charge is 2.52. The van der Waals surface area contributed by atoms with Gasteiger partial charge in [-0.1, -0.05) is 95.2 Å². The zero-order valence-electron chi connectivity index (χ0n) is 39.0. The lowest BCUT2D eigenvalue weighted by Gasteiger charge is -2.28. The number of benzene rings is 2. The second kappa shape index (κ2) is 16.6. The van der Waals surface area contributed by atoms with E-state index in [0.717, 1.165) is 33.0 Å². The number of carbonyl (C=O) groups excluding carboxylic acids is 2. The first kappa shape index (κ1) is 45.3. The van der Waals surface area contributed by atoms with E-state index in [1.165, 1.54) is 0 Å². The number of nitrogens with zero attached hydrogens (tertiary/aromatic N) is 2. The highest BCUT2D eigenvalue weighted by Crippen LogP contribution is 2.50. The highest BCUT2D eigenvalue weighted by molar-refractivity contribution is 6.30. The van der Waals surface area contributed by atoms with E-state index < -0.39 is 12.6 Å². The van der Waals surface area contributed by atoms with Crippen LogP contribution in [0.15, 0.2) is 56.4 Å². The number of fused-ring (bicyclic) bond motifs is 3. The van der Waals surface area contributed by atoms with Crippen LogP contribution in [-0.2, 0) is 50.2 Å². The molecule has 0 aliphatic carbocycles. The summed E-state index contributed by atoms with van der Waals surface area (Å²) in [5.41, 5.74) is 6.22. The maximum absolute atomic E-state index is 15.4. The summed E-state index contributed by atoms with van der Waals surface area (Å²) >= 11 is 0. The molecule has 0 saturated heterocycles. The summed E-state index contributed by atoms with van der Waals surface area (Å²) < 4.78 is 37.9. The first-order valence-electron chi connectivity index (χ1n) is 21.7. The zero-order valence-corrected chi connectivity index (χ0v) is 39.0. The van der Waals surface area contributed by atoms with Gasteiger partial charge >= 0.3 is 0 Å². The van der Waals surface area contributed by atoms with Crippen LogP contribution in [0.5, 0.6) is 0 Å². The predicted molar refractivity (Wildman–Crippen MR) is 239 cm³/mol. The zero-order chi connectivity index (χ0) is 44.3. The number of amides is 2. The van der Waals surface area contributed by atoms with Gasteiger partial charge in [0.15, 0.2) is 24.1 Å². The monoisotopic (exact) mass is 824 g/mol. The minimum absolute atomic E-state index is 0.0313. The Kier molecular flexibility index (Phi) is 12.5. The van der Waals surface area contributed by atoms with Crippen LogP contribution >= 0.6 is 0 Å². The van der Waals surface area contributed by atoms with Crippen LogP contribution in [0.25, 0.3) is 33.3 Å². The summed E-state index contributed by atoms with van der Waals surface area (Å²) in [5.74, 6) is 0.0559. The quantitative estimate of drug-likeness (QED) is 0.116. The Balaban J connectivity index is 1.70. The molecule has 10 nitrogen and oxygen atoms in total. The Hall–Kier alpha value is -4.22. The number of furan rings is 2. The number of ether oxygens (including phenoxy) is 4. The van der Waals surface area contributed by atoms with E-state index in [0.29, 0.717) is 60.5 Å². The van der Waals surface area contributed by atoms with Gasteiger partial charge in [0, 0.05) is 48.3 Å². The summed E-state index contributed by atoms with van der Waals surface area (Å²) in [6.07, 6.45) is -1.51. The smallest absolute Gasteiger partial charge is 0.261 e. The van der Waals surface area contributed by atoms with E-state index in [2.05, 4.69) is 107 Å². The van der Waals surface area contributed by atoms with E-state index in [9.17, 15) is 0 Å². The Morgan fingerprint density at radius 1 is 0.483 bits per heavy atom. The van der Waals surface area contributed by atoms with Crippen molar-refractivity contribution < 1.29 is 37.4 Å². The second-order valence-corrected chi connectivity index (χ2v) is 20.1. The first-order valence-corrected chi connectivity index (χ1v) is 21.7. The summed E-state index contributed by atoms with van der Waals surface area (Å²) in [7, 11) is 0. The van der Waals surface area contributed by atoms with Gasteiger partial charge in [-0.15, -0.1) is 0 Å². The van der Waals surface area contributed by atoms with Gasteiger partial charge in [-0.05, 0) is 84.7 Å². The fraction of sp³-hybridized carbons (Fsp3) is 0.560. The van der Waals surface area contributed by atoms with Crippen LogP contribution < -0.4 is 0 Å². The number of hydrogen-bond acceptors (Lipinski definition) is 8. The van der Waals surface area contributed by atoms with Crippen LogP contribution in [0.1, 0.15) is 145 Å². The largest absolute Gasteiger partial charge is 0.454 e. The lowest BCUT2D eigenvalue weighted by atomic mass is 9.80. The Labute approximate surface area is 357 Å². The number of hydrogen-bond donors (Lipinski definition) is 0. The molecule has 326 valence electrons. The molecule has 6 rings (SSSR count). The number of carbonyl (C=O) groups is 2. The lowest BCUT2D eigenvalue weighted by Crippen LogP contribution is -2.39. The van der Waals surface area contributed by atoms with Crippen molar-refractivity contribution in [2.24, 2.45) is 0 Å². The molecule has 0 fully saturated rings. The maximum atomic E-state index is 15.4. The molecule has 0 radical (unpaired) electrons. The Morgan fingerprint density at radius 2 is 0.800 bits per heavy atom. The van der Waals surface area contributed by atoms with Crippen molar-refractivity contribution in [2.75, 3.05) is 39.5 Å². The third kappa shape index (κ3) is 8.63. The molecule has 0 unspecified atom stereocenters. The highest BCUT2D eigenvalue weighted by atomic mass is 16.7. The van der Waals surface area contributed by atoms with Crippen molar-refractivity contribution in [1.82, 2.24) is 9.80 Å². The van der Waals surface area contributed by atoms with Crippen LogP contribution in [0, 0.1) is 0 Å². The van der Waals surface area contributed by atoms with Gasteiger partial charge in [0.25, 0.3) is 11.8 Å². The summed E-state index contributed by atoms with van der Waals surface area (Å²) in [6.45, 7) is 35.3. The SMILES string of the molecule is CCOC(CN1C(=O)C2=C(c3cc4cc(C(C)(C)C)cc(C(C)(C)C)c4o3)N(CC(OCC)OCC)C(=O)C2=C1c1cc2cc(C(C)(C)C)cc(C(C)(C)C)c2o1)OCC. The summed E-state index contributed by atoms with van der Waals surface area (Å²) in [5, 5.41) is 1.78. The predicted octanol–water partition coefficient (Wildman–Crippen LogP) is 11.0. The molecule has 2 aliphatic heterocycles. The molecule has 2 amide bonds. The average molecular weight is 825 g/mol. The molecule has 0 N–H and O–H groups in total. The van der Waals surface area contributed by atoms with E-state index >= 15 is 9.59 Å².